The van der Waals surface area contributed by atoms with Gasteiger partial charge in [0.25, 0.3) is 0 Å². The van der Waals surface area contributed by atoms with E-state index < -0.39 is 0 Å². The maximum absolute atomic E-state index is 5.90. The molecule has 7 nitrogen and oxygen atoms in total. The molecule has 0 spiro atoms. The summed E-state index contributed by atoms with van der Waals surface area (Å²) in [4.78, 5) is 6.50. The number of likely N-dealkylation sites (N-methyl/N-ethyl adjacent to an activating group) is 1. The second kappa shape index (κ2) is 15.8. The number of rotatable bonds is 12. The van der Waals surface area contributed by atoms with Gasteiger partial charge in [0.2, 0.25) is 0 Å². The molecule has 1 rings (SSSR count). The lowest BCUT2D eigenvalue weighted by molar-refractivity contribution is 0.161. The molecule has 1 unspecified atom stereocenters. The van der Waals surface area contributed by atoms with Gasteiger partial charge in [0.15, 0.2) is 5.96 Å². The van der Waals surface area contributed by atoms with Gasteiger partial charge in [0.1, 0.15) is 17.6 Å². The van der Waals surface area contributed by atoms with E-state index in [9.17, 15) is 0 Å². The molecule has 1 atom stereocenters. The van der Waals surface area contributed by atoms with Crippen LogP contribution in [0.1, 0.15) is 13.3 Å². The highest BCUT2D eigenvalue weighted by atomic mass is 127. The molecule has 0 radical (unpaired) electrons. The number of benzene rings is 1. The third kappa shape index (κ3) is 11.9. The lowest BCUT2D eigenvalue weighted by atomic mass is 10.3. The summed E-state index contributed by atoms with van der Waals surface area (Å²) in [5.41, 5.74) is 0. The van der Waals surface area contributed by atoms with E-state index in [1.54, 1.807) is 21.3 Å². The molecule has 0 amide bonds. The van der Waals surface area contributed by atoms with Crippen molar-refractivity contribution in [3.63, 3.8) is 0 Å². The zero-order valence-electron chi connectivity index (χ0n) is 17.2. The predicted molar refractivity (Wildman–Crippen MR) is 122 cm³/mol. The highest BCUT2D eigenvalue weighted by Gasteiger charge is 2.06. The zero-order chi connectivity index (χ0) is 19.2. The fraction of sp³-hybridized carbons (Fsp3) is 0.632. The quantitative estimate of drug-likeness (QED) is 0.201. The second-order valence-corrected chi connectivity index (χ2v) is 6.14. The van der Waals surface area contributed by atoms with E-state index in [4.69, 9.17) is 14.2 Å². The molecule has 0 bridgehead atoms. The molecule has 2 N–H and O–H groups in total. The molecule has 0 aliphatic rings. The monoisotopic (exact) mass is 494 g/mol. The number of nitrogens with one attached hydrogen (secondary N) is 2. The summed E-state index contributed by atoms with van der Waals surface area (Å²) in [5.74, 6) is 2.36. The lowest BCUT2D eigenvalue weighted by Gasteiger charge is -2.19. The maximum atomic E-state index is 5.90. The first-order chi connectivity index (χ1) is 12.6. The highest BCUT2D eigenvalue weighted by Crippen LogP contribution is 2.19. The van der Waals surface area contributed by atoms with Crippen LogP contribution in [0, 0.1) is 0 Å². The molecular formula is C19H35IN4O3. The standard InChI is InChI=1S/C19H34N4O3.HI/c1-16(26-18-9-6-8-17(14-18)25-5)15-22-19(20-2)21-10-7-11-23(3)12-13-24-4;/h6,8-9,14,16H,7,10-13,15H2,1-5H3,(H2,20,21,22);1H. The van der Waals surface area contributed by atoms with Crippen LogP contribution < -0.4 is 20.1 Å². The number of aliphatic imine (C=N–C) groups is 1. The fourth-order valence-electron chi connectivity index (χ4n) is 2.32. The first-order valence-electron chi connectivity index (χ1n) is 9.01. The van der Waals surface area contributed by atoms with Crippen LogP contribution in [-0.2, 0) is 4.74 Å². The minimum Gasteiger partial charge on any atom is -0.497 e. The van der Waals surface area contributed by atoms with Crippen LogP contribution in [0.2, 0.25) is 0 Å². The smallest absolute Gasteiger partial charge is 0.191 e. The van der Waals surface area contributed by atoms with Crippen molar-refractivity contribution in [1.82, 2.24) is 15.5 Å². The molecule has 27 heavy (non-hydrogen) atoms. The summed E-state index contributed by atoms with van der Waals surface area (Å²) in [7, 11) is 7.25. The number of guanidine groups is 1. The van der Waals surface area contributed by atoms with Crippen molar-refractivity contribution < 1.29 is 14.2 Å². The largest absolute Gasteiger partial charge is 0.497 e. The Hall–Kier alpha value is -1.26. The third-order valence-corrected chi connectivity index (χ3v) is 3.85. The third-order valence-electron chi connectivity index (χ3n) is 3.85. The Morgan fingerprint density at radius 2 is 1.93 bits per heavy atom. The Morgan fingerprint density at radius 1 is 1.19 bits per heavy atom. The van der Waals surface area contributed by atoms with Crippen molar-refractivity contribution in [2.45, 2.75) is 19.4 Å². The minimum absolute atomic E-state index is 0. The van der Waals surface area contributed by atoms with Crippen molar-refractivity contribution in [3.8, 4) is 11.5 Å². The van der Waals surface area contributed by atoms with Crippen LogP contribution in [0.4, 0.5) is 0 Å². The lowest BCUT2D eigenvalue weighted by Crippen LogP contribution is -2.42. The second-order valence-electron chi connectivity index (χ2n) is 6.14. The Bertz CT molecular complexity index is 531. The number of methoxy groups -OCH3 is 2. The van der Waals surface area contributed by atoms with Gasteiger partial charge in [-0.1, -0.05) is 6.07 Å². The summed E-state index contributed by atoms with van der Waals surface area (Å²) in [5, 5.41) is 6.61. The normalized spacial score (nSPS) is 12.3. The van der Waals surface area contributed by atoms with Crippen LogP contribution >= 0.6 is 24.0 Å². The Balaban J connectivity index is 0.00000676. The van der Waals surface area contributed by atoms with Gasteiger partial charge in [0.05, 0.1) is 20.3 Å². The van der Waals surface area contributed by atoms with E-state index in [2.05, 4.69) is 27.6 Å². The molecule has 0 saturated heterocycles. The van der Waals surface area contributed by atoms with Crippen LogP contribution in [-0.4, -0.2) is 78.1 Å². The molecule has 0 heterocycles. The topological polar surface area (TPSA) is 67.4 Å². The van der Waals surface area contributed by atoms with Crippen LogP contribution in [0.3, 0.4) is 0 Å². The molecule has 0 fully saturated rings. The van der Waals surface area contributed by atoms with Crippen molar-refractivity contribution in [3.05, 3.63) is 24.3 Å². The van der Waals surface area contributed by atoms with E-state index >= 15 is 0 Å². The Labute approximate surface area is 180 Å². The van der Waals surface area contributed by atoms with E-state index in [1.807, 2.05) is 31.2 Å². The fourth-order valence-corrected chi connectivity index (χ4v) is 2.32. The summed E-state index contributed by atoms with van der Waals surface area (Å²) in [6.45, 7) is 6.26. The maximum Gasteiger partial charge on any atom is 0.191 e. The van der Waals surface area contributed by atoms with Gasteiger partial charge in [-0.25, -0.2) is 0 Å². The first-order valence-corrected chi connectivity index (χ1v) is 9.01. The molecular weight excluding hydrogens is 459 g/mol. The molecule has 0 aliphatic carbocycles. The number of hydrogen-bond donors (Lipinski definition) is 2. The van der Waals surface area contributed by atoms with Crippen molar-refractivity contribution in [2.24, 2.45) is 4.99 Å². The molecule has 1 aromatic rings. The Morgan fingerprint density at radius 3 is 2.59 bits per heavy atom. The van der Waals surface area contributed by atoms with Gasteiger partial charge in [0, 0.05) is 33.3 Å². The average Bonchev–Trinajstić information content (AvgIpc) is 2.65. The summed E-state index contributed by atoms with van der Waals surface area (Å²) in [6, 6.07) is 7.61. The van der Waals surface area contributed by atoms with Crippen LogP contribution in [0.25, 0.3) is 0 Å². The molecule has 0 aliphatic heterocycles. The minimum atomic E-state index is 0. The first kappa shape index (κ1) is 25.7. The SMILES string of the molecule is CN=C(NCCCN(C)CCOC)NCC(C)Oc1cccc(OC)c1.I. The molecule has 1 aromatic carbocycles. The molecule has 0 aromatic heterocycles. The van der Waals surface area contributed by atoms with Gasteiger partial charge >= 0.3 is 0 Å². The predicted octanol–water partition coefficient (Wildman–Crippen LogP) is 2.21. The zero-order valence-corrected chi connectivity index (χ0v) is 19.5. The van der Waals surface area contributed by atoms with E-state index in [0.29, 0.717) is 6.54 Å². The van der Waals surface area contributed by atoms with Crippen LogP contribution in [0.5, 0.6) is 11.5 Å². The van der Waals surface area contributed by atoms with Gasteiger partial charge in [-0.05, 0) is 39.1 Å². The summed E-state index contributed by atoms with van der Waals surface area (Å²) >= 11 is 0. The van der Waals surface area contributed by atoms with E-state index in [-0.39, 0.29) is 30.1 Å². The van der Waals surface area contributed by atoms with Gasteiger partial charge in [-0.15, -0.1) is 24.0 Å². The molecule has 156 valence electrons. The van der Waals surface area contributed by atoms with E-state index in [1.165, 1.54) is 0 Å². The summed E-state index contributed by atoms with van der Waals surface area (Å²) in [6.07, 6.45) is 1.04. The van der Waals surface area contributed by atoms with Crippen LogP contribution in [0.15, 0.2) is 29.3 Å². The van der Waals surface area contributed by atoms with Gasteiger partial charge < -0.3 is 29.7 Å². The number of nitrogens with zero attached hydrogens (tertiary/aromatic N) is 2. The number of hydrogen-bond acceptors (Lipinski definition) is 5. The van der Waals surface area contributed by atoms with Crippen molar-refractivity contribution in [2.75, 3.05) is 61.1 Å². The molecule has 8 heteroatoms. The van der Waals surface area contributed by atoms with Gasteiger partial charge in [-0.3, -0.25) is 4.99 Å². The molecule has 0 saturated carbocycles. The van der Waals surface area contributed by atoms with Crippen molar-refractivity contribution in [1.29, 1.82) is 0 Å². The Kier molecular flexibility index (Phi) is 15.0. The van der Waals surface area contributed by atoms with Crippen molar-refractivity contribution >= 4 is 29.9 Å². The summed E-state index contributed by atoms with van der Waals surface area (Å²) < 4.78 is 16.2. The van der Waals surface area contributed by atoms with E-state index in [0.717, 1.165) is 50.1 Å². The van der Waals surface area contributed by atoms with Gasteiger partial charge in [-0.2, -0.15) is 0 Å². The highest BCUT2D eigenvalue weighted by molar-refractivity contribution is 14.0. The average molecular weight is 494 g/mol. The number of ether oxygens (including phenoxy) is 3. The number of halogens is 1.